The van der Waals surface area contributed by atoms with Crippen molar-refractivity contribution >= 4 is 29.0 Å². The summed E-state index contributed by atoms with van der Waals surface area (Å²) in [6, 6.07) is 6.98. The molecular weight excluding hydrogens is 283 g/mol. The molecule has 0 aliphatic carbocycles. The van der Waals surface area contributed by atoms with Crippen molar-refractivity contribution in [2.24, 2.45) is 5.84 Å². The normalized spacial score (nSPS) is 12.4. The van der Waals surface area contributed by atoms with E-state index in [0.717, 1.165) is 16.7 Å². The minimum Gasteiger partial charge on any atom is -0.383 e. The topological polar surface area (TPSA) is 77.0 Å². The fourth-order valence-electron chi connectivity index (χ4n) is 1.89. The third kappa shape index (κ3) is 2.98. The lowest BCUT2D eigenvalue weighted by Gasteiger charge is -2.19. The first-order valence-electron chi connectivity index (χ1n) is 5.66. The number of hydrogen-bond donors (Lipinski definition) is 3. The van der Waals surface area contributed by atoms with Crippen LogP contribution in [-0.4, -0.2) is 4.98 Å². The van der Waals surface area contributed by atoms with Crippen molar-refractivity contribution in [1.82, 2.24) is 10.4 Å². The Morgan fingerprint density at radius 3 is 2.58 bits per heavy atom. The van der Waals surface area contributed by atoms with E-state index in [1.165, 1.54) is 0 Å². The second-order valence-corrected chi connectivity index (χ2v) is 5.07. The summed E-state index contributed by atoms with van der Waals surface area (Å²) in [5, 5.41) is 0.968. The van der Waals surface area contributed by atoms with E-state index in [9.17, 15) is 0 Å². The van der Waals surface area contributed by atoms with Crippen LogP contribution in [0.2, 0.25) is 10.0 Å². The predicted molar refractivity (Wildman–Crippen MR) is 79.0 cm³/mol. The van der Waals surface area contributed by atoms with E-state index in [4.69, 9.17) is 34.8 Å². The fourth-order valence-corrected chi connectivity index (χ4v) is 2.20. The van der Waals surface area contributed by atoms with Crippen molar-refractivity contribution in [1.29, 1.82) is 0 Å². The molecule has 0 bridgehead atoms. The maximum atomic E-state index is 6.03. The summed E-state index contributed by atoms with van der Waals surface area (Å²) in [6.45, 7) is 1.94. The Kier molecular flexibility index (Phi) is 4.27. The van der Waals surface area contributed by atoms with Crippen LogP contribution in [0.4, 0.5) is 5.82 Å². The van der Waals surface area contributed by atoms with Gasteiger partial charge in [-0.05, 0) is 36.2 Å². The Bertz CT molecular complexity index is 601. The molecular formula is C13H14Cl2N4. The number of nitrogens with two attached hydrogens (primary N) is 2. The summed E-state index contributed by atoms with van der Waals surface area (Å²) in [4.78, 5) is 4.14. The molecule has 1 atom stereocenters. The largest absolute Gasteiger partial charge is 0.383 e. The maximum Gasteiger partial charge on any atom is 0.128 e. The Morgan fingerprint density at radius 1 is 1.21 bits per heavy atom. The van der Waals surface area contributed by atoms with E-state index in [0.29, 0.717) is 15.9 Å². The van der Waals surface area contributed by atoms with Gasteiger partial charge in [-0.3, -0.25) is 5.84 Å². The second-order valence-electron chi connectivity index (χ2n) is 4.26. The van der Waals surface area contributed by atoms with Gasteiger partial charge in [0, 0.05) is 11.8 Å². The van der Waals surface area contributed by atoms with Crippen LogP contribution >= 0.6 is 23.2 Å². The highest BCUT2D eigenvalue weighted by Crippen LogP contribution is 2.30. The van der Waals surface area contributed by atoms with Crippen LogP contribution in [0.5, 0.6) is 0 Å². The molecule has 0 spiro atoms. The molecule has 0 fully saturated rings. The number of nitrogens with zero attached hydrogens (tertiary/aromatic N) is 1. The molecule has 0 aliphatic heterocycles. The molecule has 1 aromatic carbocycles. The average Bonchev–Trinajstić information content (AvgIpc) is 2.38. The number of hydrogen-bond acceptors (Lipinski definition) is 4. The average molecular weight is 297 g/mol. The van der Waals surface area contributed by atoms with Gasteiger partial charge in [-0.1, -0.05) is 29.3 Å². The highest BCUT2D eigenvalue weighted by Gasteiger charge is 2.17. The molecule has 0 saturated heterocycles. The number of hydrazine groups is 1. The Labute approximate surface area is 121 Å². The third-order valence-corrected chi connectivity index (χ3v) is 3.58. The molecule has 2 aromatic rings. The molecule has 4 nitrogen and oxygen atoms in total. The van der Waals surface area contributed by atoms with Gasteiger partial charge in [-0.2, -0.15) is 0 Å². The van der Waals surface area contributed by atoms with Gasteiger partial charge in [0.15, 0.2) is 0 Å². The van der Waals surface area contributed by atoms with E-state index in [-0.39, 0.29) is 6.04 Å². The van der Waals surface area contributed by atoms with Gasteiger partial charge in [0.25, 0.3) is 0 Å². The highest BCUT2D eigenvalue weighted by molar-refractivity contribution is 6.42. The summed E-state index contributed by atoms with van der Waals surface area (Å²) in [5.74, 6) is 6.06. The number of rotatable bonds is 3. The molecule has 0 radical (unpaired) electrons. The lowest BCUT2D eigenvalue weighted by Crippen LogP contribution is -2.29. The first-order chi connectivity index (χ1) is 9.02. The van der Waals surface area contributed by atoms with Crippen LogP contribution in [0.25, 0.3) is 0 Å². The van der Waals surface area contributed by atoms with Gasteiger partial charge in [0.2, 0.25) is 0 Å². The lowest BCUT2D eigenvalue weighted by molar-refractivity contribution is 0.636. The maximum absolute atomic E-state index is 6.03. The minimum absolute atomic E-state index is 0.290. The van der Waals surface area contributed by atoms with Crippen LogP contribution in [0, 0.1) is 6.92 Å². The number of halogens is 2. The zero-order valence-electron chi connectivity index (χ0n) is 10.3. The zero-order valence-corrected chi connectivity index (χ0v) is 11.8. The molecule has 1 aromatic heterocycles. The van der Waals surface area contributed by atoms with Gasteiger partial charge in [-0.25, -0.2) is 10.4 Å². The van der Waals surface area contributed by atoms with E-state index >= 15 is 0 Å². The van der Waals surface area contributed by atoms with Gasteiger partial charge in [0.05, 0.1) is 16.1 Å². The van der Waals surface area contributed by atoms with Crippen molar-refractivity contribution in [2.75, 3.05) is 5.73 Å². The fraction of sp³-hybridized carbons (Fsp3) is 0.154. The summed E-state index contributed by atoms with van der Waals surface area (Å²) in [5.41, 5.74) is 11.3. The molecule has 1 heterocycles. The second kappa shape index (κ2) is 5.75. The number of nitrogen functional groups attached to an aromatic ring is 1. The predicted octanol–water partition coefficient (Wildman–Crippen LogP) is 2.83. The summed E-state index contributed by atoms with van der Waals surface area (Å²) in [6.07, 6.45) is 1.71. The number of aromatic nitrogens is 1. The van der Waals surface area contributed by atoms with E-state index in [1.807, 2.05) is 19.1 Å². The minimum atomic E-state index is -0.290. The number of nitrogens with one attached hydrogen (secondary N) is 1. The number of anilines is 1. The number of pyridine rings is 1. The molecule has 0 aliphatic rings. The van der Waals surface area contributed by atoms with E-state index < -0.39 is 0 Å². The molecule has 6 heteroatoms. The van der Waals surface area contributed by atoms with Crippen molar-refractivity contribution in [3.8, 4) is 0 Å². The number of aryl methyl sites for hydroxylation is 1. The summed E-state index contributed by atoms with van der Waals surface area (Å²) >= 11 is 11.9. The zero-order chi connectivity index (χ0) is 14.0. The molecule has 19 heavy (non-hydrogen) atoms. The highest BCUT2D eigenvalue weighted by atomic mass is 35.5. The van der Waals surface area contributed by atoms with Crippen LogP contribution in [-0.2, 0) is 0 Å². The van der Waals surface area contributed by atoms with Crippen molar-refractivity contribution in [3.05, 3.63) is 57.2 Å². The first kappa shape index (κ1) is 14.1. The van der Waals surface area contributed by atoms with Crippen LogP contribution in [0.3, 0.4) is 0 Å². The van der Waals surface area contributed by atoms with Crippen molar-refractivity contribution < 1.29 is 0 Å². The monoisotopic (exact) mass is 296 g/mol. The summed E-state index contributed by atoms with van der Waals surface area (Å²) in [7, 11) is 0. The third-order valence-electron chi connectivity index (χ3n) is 2.84. The van der Waals surface area contributed by atoms with Crippen LogP contribution < -0.4 is 17.0 Å². The van der Waals surface area contributed by atoms with Gasteiger partial charge in [-0.15, -0.1) is 0 Å². The molecule has 2 rings (SSSR count). The van der Waals surface area contributed by atoms with Gasteiger partial charge < -0.3 is 5.73 Å². The standard InChI is InChI=1S/C13H14Cl2N4/c1-7-4-9(13(16)18-6-7)12(19-17)8-2-3-10(14)11(15)5-8/h2-6,12,19H,17H2,1H3,(H2,16,18). The SMILES string of the molecule is Cc1cnc(N)c(C(NN)c2ccc(Cl)c(Cl)c2)c1. The lowest BCUT2D eigenvalue weighted by atomic mass is 9.99. The van der Waals surface area contributed by atoms with E-state index in [1.54, 1.807) is 18.3 Å². The van der Waals surface area contributed by atoms with Crippen LogP contribution in [0.15, 0.2) is 30.5 Å². The first-order valence-corrected chi connectivity index (χ1v) is 6.41. The molecule has 100 valence electrons. The summed E-state index contributed by atoms with van der Waals surface area (Å²) < 4.78 is 0. The smallest absolute Gasteiger partial charge is 0.128 e. The van der Waals surface area contributed by atoms with Crippen molar-refractivity contribution in [3.63, 3.8) is 0 Å². The Hall–Kier alpha value is -1.33. The Balaban J connectivity index is 2.49. The van der Waals surface area contributed by atoms with Gasteiger partial charge >= 0.3 is 0 Å². The molecule has 5 N–H and O–H groups in total. The van der Waals surface area contributed by atoms with Crippen molar-refractivity contribution in [2.45, 2.75) is 13.0 Å². The molecule has 0 amide bonds. The quantitative estimate of drug-likeness (QED) is 0.601. The molecule has 0 saturated carbocycles. The van der Waals surface area contributed by atoms with E-state index in [2.05, 4.69) is 10.4 Å². The molecule has 1 unspecified atom stereocenters. The van der Waals surface area contributed by atoms with Crippen LogP contribution in [0.1, 0.15) is 22.7 Å². The van der Waals surface area contributed by atoms with Gasteiger partial charge in [0.1, 0.15) is 5.82 Å². The Morgan fingerprint density at radius 2 is 1.95 bits per heavy atom. The number of benzene rings is 1.